The number of nitrogens with one attached hydrogen (secondary N) is 2. The van der Waals surface area contributed by atoms with Gasteiger partial charge in [-0.15, -0.1) is 0 Å². The molecule has 1 unspecified atom stereocenters. The average Bonchev–Trinajstić information content (AvgIpc) is 2.57. The van der Waals surface area contributed by atoms with Crippen molar-refractivity contribution < 1.29 is 4.79 Å². The zero-order valence-electron chi connectivity index (χ0n) is 12.8. The summed E-state index contributed by atoms with van der Waals surface area (Å²) in [5.41, 5.74) is 3.62. The molecular weight excluding hydrogens is 248 g/mol. The molecule has 1 aromatic carbocycles. The maximum Gasteiger partial charge on any atom is 0.224 e. The van der Waals surface area contributed by atoms with Gasteiger partial charge in [0.25, 0.3) is 0 Å². The summed E-state index contributed by atoms with van der Waals surface area (Å²) in [6.07, 6.45) is 3.70. The standard InChI is InChI=1S/C17H26N2O/c1-4-18-16(10-12(2)3)14-8-9-15-13(11-14)6-5-7-17(20)19-15/h8-9,11-12,16,18H,4-7,10H2,1-3H3,(H,19,20). The molecule has 1 amide bonds. The van der Waals surface area contributed by atoms with Crippen LogP contribution in [0, 0.1) is 5.92 Å². The van der Waals surface area contributed by atoms with E-state index in [0.717, 1.165) is 31.5 Å². The van der Waals surface area contributed by atoms with Gasteiger partial charge in [0.2, 0.25) is 5.91 Å². The van der Waals surface area contributed by atoms with E-state index in [1.165, 1.54) is 11.1 Å². The van der Waals surface area contributed by atoms with Crippen LogP contribution < -0.4 is 10.6 Å². The molecule has 3 heteroatoms. The monoisotopic (exact) mass is 274 g/mol. The molecule has 0 radical (unpaired) electrons. The number of aryl methyl sites for hydroxylation is 1. The Kier molecular flexibility index (Phi) is 5.18. The summed E-state index contributed by atoms with van der Waals surface area (Å²) < 4.78 is 0. The van der Waals surface area contributed by atoms with Crippen LogP contribution in [0.2, 0.25) is 0 Å². The maximum atomic E-state index is 11.6. The fourth-order valence-corrected chi connectivity index (χ4v) is 2.87. The Morgan fingerprint density at radius 2 is 2.10 bits per heavy atom. The molecule has 1 atom stereocenters. The molecular formula is C17H26N2O. The van der Waals surface area contributed by atoms with Gasteiger partial charge in [0.05, 0.1) is 0 Å². The lowest BCUT2D eigenvalue weighted by molar-refractivity contribution is -0.116. The quantitative estimate of drug-likeness (QED) is 0.860. The van der Waals surface area contributed by atoms with E-state index in [1.807, 2.05) is 0 Å². The summed E-state index contributed by atoms with van der Waals surface area (Å²) >= 11 is 0. The van der Waals surface area contributed by atoms with Crippen molar-refractivity contribution >= 4 is 11.6 Å². The van der Waals surface area contributed by atoms with E-state index in [2.05, 4.69) is 49.6 Å². The second kappa shape index (κ2) is 6.89. The second-order valence-electron chi connectivity index (χ2n) is 6.06. The maximum absolute atomic E-state index is 11.6. The molecule has 2 rings (SSSR count). The van der Waals surface area contributed by atoms with Crippen molar-refractivity contribution in [1.82, 2.24) is 5.32 Å². The van der Waals surface area contributed by atoms with Crippen molar-refractivity contribution in [2.45, 2.75) is 52.5 Å². The molecule has 20 heavy (non-hydrogen) atoms. The van der Waals surface area contributed by atoms with Gasteiger partial charge in [-0.3, -0.25) is 4.79 Å². The number of hydrogen-bond acceptors (Lipinski definition) is 2. The van der Waals surface area contributed by atoms with E-state index < -0.39 is 0 Å². The van der Waals surface area contributed by atoms with Crippen LogP contribution in [0.15, 0.2) is 18.2 Å². The molecule has 0 aliphatic carbocycles. The molecule has 0 aromatic heterocycles. The fourth-order valence-electron chi connectivity index (χ4n) is 2.87. The predicted octanol–water partition coefficient (Wildman–Crippen LogP) is 3.66. The van der Waals surface area contributed by atoms with Gasteiger partial charge in [-0.2, -0.15) is 0 Å². The summed E-state index contributed by atoms with van der Waals surface area (Å²) in [6.45, 7) is 7.64. The second-order valence-corrected chi connectivity index (χ2v) is 6.06. The first kappa shape index (κ1) is 15.0. The third kappa shape index (κ3) is 3.83. The van der Waals surface area contributed by atoms with Crippen LogP contribution in [0.5, 0.6) is 0 Å². The van der Waals surface area contributed by atoms with E-state index in [0.29, 0.717) is 18.4 Å². The van der Waals surface area contributed by atoms with Crippen molar-refractivity contribution in [3.63, 3.8) is 0 Å². The molecule has 1 aromatic rings. The van der Waals surface area contributed by atoms with Crippen LogP contribution in [-0.2, 0) is 11.2 Å². The Morgan fingerprint density at radius 3 is 2.80 bits per heavy atom. The summed E-state index contributed by atoms with van der Waals surface area (Å²) in [6, 6.07) is 6.90. The SMILES string of the molecule is CCNC(CC(C)C)c1ccc2c(c1)CCCC(=O)N2. The highest BCUT2D eigenvalue weighted by Gasteiger charge is 2.17. The van der Waals surface area contributed by atoms with E-state index in [4.69, 9.17) is 0 Å². The van der Waals surface area contributed by atoms with Crippen molar-refractivity contribution in [2.24, 2.45) is 5.92 Å². The third-order valence-electron chi connectivity index (χ3n) is 3.81. The number of rotatable bonds is 5. The number of carbonyl (C=O) groups excluding carboxylic acids is 1. The van der Waals surface area contributed by atoms with Gasteiger partial charge in [0.15, 0.2) is 0 Å². The van der Waals surface area contributed by atoms with Crippen molar-refractivity contribution in [2.75, 3.05) is 11.9 Å². The summed E-state index contributed by atoms with van der Waals surface area (Å²) in [7, 11) is 0. The van der Waals surface area contributed by atoms with Crippen LogP contribution in [-0.4, -0.2) is 12.5 Å². The molecule has 3 nitrogen and oxygen atoms in total. The summed E-state index contributed by atoms with van der Waals surface area (Å²) in [5, 5.41) is 6.58. The third-order valence-corrected chi connectivity index (χ3v) is 3.81. The number of fused-ring (bicyclic) bond motifs is 1. The van der Waals surface area contributed by atoms with Crippen molar-refractivity contribution in [3.8, 4) is 0 Å². The lowest BCUT2D eigenvalue weighted by Gasteiger charge is -2.22. The highest BCUT2D eigenvalue weighted by molar-refractivity contribution is 5.92. The topological polar surface area (TPSA) is 41.1 Å². The smallest absolute Gasteiger partial charge is 0.224 e. The van der Waals surface area contributed by atoms with E-state index in [1.54, 1.807) is 0 Å². The average molecular weight is 274 g/mol. The van der Waals surface area contributed by atoms with Gasteiger partial charge in [-0.05, 0) is 48.9 Å². The lowest BCUT2D eigenvalue weighted by atomic mass is 9.94. The van der Waals surface area contributed by atoms with E-state index in [9.17, 15) is 4.79 Å². The highest BCUT2D eigenvalue weighted by atomic mass is 16.1. The van der Waals surface area contributed by atoms with Crippen molar-refractivity contribution in [3.05, 3.63) is 29.3 Å². The molecule has 0 saturated heterocycles. The number of hydrogen-bond donors (Lipinski definition) is 2. The molecule has 1 aliphatic heterocycles. The number of benzene rings is 1. The van der Waals surface area contributed by atoms with Gasteiger partial charge < -0.3 is 10.6 Å². The van der Waals surface area contributed by atoms with Gasteiger partial charge >= 0.3 is 0 Å². The molecule has 1 aliphatic rings. The van der Waals surface area contributed by atoms with E-state index in [-0.39, 0.29) is 5.91 Å². The Bertz CT molecular complexity index is 468. The Labute approximate surface area is 122 Å². The minimum atomic E-state index is 0.141. The number of anilines is 1. The van der Waals surface area contributed by atoms with Gasteiger partial charge in [-0.1, -0.05) is 32.9 Å². The zero-order chi connectivity index (χ0) is 14.5. The molecule has 0 fully saturated rings. The molecule has 0 saturated carbocycles. The normalized spacial score (nSPS) is 16.5. The minimum Gasteiger partial charge on any atom is -0.326 e. The van der Waals surface area contributed by atoms with Crippen LogP contribution >= 0.6 is 0 Å². The molecule has 0 bridgehead atoms. The van der Waals surface area contributed by atoms with Crippen LogP contribution in [0.1, 0.15) is 57.2 Å². The van der Waals surface area contributed by atoms with Gasteiger partial charge in [0, 0.05) is 18.2 Å². The van der Waals surface area contributed by atoms with Crippen LogP contribution in [0.3, 0.4) is 0 Å². The number of amides is 1. The minimum absolute atomic E-state index is 0.141. The summed E-state index contributed by atoms with van der Waals surface area (Å²) in [5.74, 6) is 0.805. The summed E-state index contributed by atoms with van der Waals surface area (Å²) in [4.78, 5) is 11.6. The van der Waals surface area contributed by atoms with Crippen molar-refractivity contribution in [1.29, 1.82) is 0 Å². The van der Waals surface area contributed by atoms with Crippen LogP contribution in [0.25, 0.3) is 0 Å². The predicted molar refractivity (Wildman–Crippen MR) is 83.9 cm³/mol. The molecule has 110 valence electrons. The molecule has 2 N–H and O–H groups in total. The largest absolute Gasteiger partial charge is 0.326 e. The molecule has 1 heterocycles. The first-order valence-electron chi connectivity index (χ1n) is 7.76. The van der Waals surface area contributed by atoms with Gasteiger partial charge in [0.1, 0.15) is 0 Å². The Morgan fingerprint density at radius 1 is 1.30 bits per heavy atom. The first-order chi connectivity index (χ1) is 9.60. The fraction of sp³-hybridized carbons (Fsp3) is 0.588. The first-order valence-corrected chi connectivity index (χ1v) is 7.76. The highest BCUT2D eigenvalue weighted by Crippen LogP contribution is 2.28. The lowest BCUT2D eigenvalue weighted by Crippen LogP contribution is -2.22. The zero-order valence-corrected chi connectivity index (χ0v) is 12.8. The molecule has 0 spiro atoms. The Hall–Kier alpha value is -1.35. The van der Waals surface area contributed by atoms with Crippen LogP contribution in [0.4, 0.5) is 5.69 Å². The Balaban J connectivity index is 2.23. The number of carbonyl (C=O) groups is 1. The van der Waals surface area contributed by atoms with Gasteiger partial charge in [-0.25, -0.2) is 0 Å². The van der Waals surface area contributed by atoms with E-state index >= 15 is 0 Å².